The molecule has 2 atom stereocenters. The third-order valence-electron chi connectivity index (χ3n) is 6.84. The van der Waals surface area contributed by atoms with Gasteiger partial charge in [0.2, 0.25) is 11.8 Å². The summed E-state index contributed by atoms with van der Waals surface area (Å²) in [5, 5.41) is 5.75. The van der Waals surface area contributed by atoms with Crippen LogP contribution in [-0.2, 0) is 16.1 Å². The van der Waals surface area contributed by atoms with Crippen molar-refractivity contribution in [3.05, 3.63) is 40.3 Å². The molecule has 2 aliphatic heterocycles. The minimum absolute atomic E-state index is 0.102. The van der Waals surface area contributed by atoms with Crippen molar-refractivity contribution in [2.24, 2.45) is 5.41 Å². The van der Waals surface area contributed by atoms with Crippen LogP contribution >= 0.6 is 0 Å². The van der Waals surface area contributed by atoms with Gasteiger partial charge in [0.1, 0.15) is 6.54 Å². The normalized spacial score (nSPS) is 25.1. The molecule has 0 bridgehead atoms. The highest BCUT2D eigenvalue weighted by Gasteiger charge is 2.51. The third-order valence-corrected chi connectivity index (χ3v) is 6.84. The van der Waals surface area contributed by atoms with E-state index in [9.17, 15) is 14.4 Å². The molecule has 0 aliphatic carbocycles. The number of fused-ring (bicyclic) bond motifs is 1. The Morgan fingerprint density at radius 1 is 1.14 bits per heavy atom. The maximum Gasteiger partial charge on any atom is 0.275 e. The highest BCUT2D eigenvalue weighted by molar-refractivity contribution is 5.86. The minimum atomic E-state index is -0.501. The summed E-state index contributed by atoms with van der Waals surface area (Å²) >= 11 is 0. The van der Waals surface area contributed by atoms with Gasteiger partial charge in [-0.3, -0.25) is 14.4 Å². The van der Waals surface area contributed by atoms with Crippen LogP contribution in [0.15, 0.2) is 29.1 Å². The van der Waals surface area contributed by atoms with E-state index >= 15 is 0 Å². The fourth-order valence-corrected chi connectivity index (χ4v) is 5.18. The average Bonchev–Trinajstić information content (AvgIpc) is 2.71. The quantitative estimate of drug-likeness (QED) is 0.778. The molecular weight excluding hydrogens is 368 g/mol. The fourth-order valence-electron chi connectivity index (χ4n) is 5.18. The Hall–Kier alpha value is -2.70. The first-order chi connectivity index (χ1) is 13.8. The van der Waals surface area contributed by atoms with Gasteiger partial charge in [-0.2, -0.15) is 5.10 Å². The molecule has 1 spiro atoms. The molecule has 2 aliphatic rings. The van der Waals surface area contributed by atoms with Crippen molar-refractivity contribution < 1.29 is 9.59 Å². The first kappa shape index (κ1) is 19.6. The van der Waals surface area contributed by atoms with Crippen molar-refractivity contribution in [1.29, 1.82) is 0 Å². The Kier molecular flexibility index (Phi) is 4.92. The summed E-state index contributed by atoms with van der Waals surface area (Å²) in [4.78, 5) is 42.6. The van der Waals surface area contributed by atoms with Crippen molar-refractivity contribution in [1.82, 2.24) is 19.6 Å². The number of rotatable bonds is 2. The third kappa shape index (κ3) is 3.12. The van der Waals surface area contributed by atoms with E-state index in [0.29, 0.717) is 11.9 Å². The molecule has 4 rings (SSSR count). The van der Waals surface area contributed by atoms with Crippen LogP contribution in [0.2, 0.25) is 0 Å². The number of likely N-dealkylation sites (tertiary alicyclic amines) is 2. The first-order valence-electron chi connectivity index (χ1n) is 10.4. The van der Waals surface area contributed by atoms with Crippen LogP contribution < -0.4 is 5.56 Å². The smallest absolute Gasteiger partial charge is 0.275 e. The second kappa shape index (κ2) is 7.28. The Bertz CT molecular complexity index is 1030. The van der Waals surface area contributed by atoms with Gasteiger partial charge >= 0.3 is 0 Å². The number of hydrogen-bond acceptors (Lipinski definition) is 4. The number of carbonyl (C=O) groups is 2. The van der Waals surface area contributed by atoms with E-state index in [-0.39, 0.29) is 30.0 Å². The van der Waals surface area contributed by atoms with Gasteiger partial charge in [0, 0.05) is 31.6 Å². The van der Waals surface area contributed by atoms with Gasteiger partial charge in [-0.15, -0.1) is 0 Å². The molecule has 2 aromatic rings. The van der Waals surface area contributed by atoms with Gasteiger partial charge in [-0.05, 0) is 45.6 Å². The topological polar surface area (TPSA) is 75.5 Å². The lowest BCUT2D eigenvalue weighted by Crippen LogP contribution is -2.61. The lowest BCUT2D eigenvalue weighted by molar-refractivity contribution is -0.158. The van der Waals surface area contributed by atoms with Gasteiger partial charge in [0.05, 0.1) is 16.5 Å². The van der Waals surface area contributed by atoms with Gasteiger partial charge < -0.3 is 9.80 Å². The highest BCUT2D eigenvalue weighted by atomic mass is 16.2. The lowest BCUT2D eigenvalue weighted by atomic mass is 9.68. The molecule has 1 aromatic carbocycles. The molecule has 0 radical (unpaired) electrons. The van der Waals surface area contributed by atoms with Crippen LogP contribution in [0.1, 0.15) is 38.3 Å². The number of aromatic nitrogens is 2. The zero-order chi connectivity index (χ0) is 20.8. The molecule has 0 N–H and O–H groups in total. The molecule has 7 heteroatoms. The van der Waals surface area contributed by atoms with Crippen LogP contribution in [0.4, 0.5) is 0 Å². The van der Waals surface area contributed by atoms with Gasteiger partial charge in [0.15, 0.2) is 0 Å². The van der Waals surface area contributed by atoms with Crippen molar-refractivity contribution in [3.8, 4) is 0 Å². The number of amides is 2. The number of benzene rings is 1. The van der Waals surface area contributed by atoms with Crippen LogP contribution in [0, 0.1) is 12.3 Å². The molecule has 154 valence electrons. The van der Waals surface area contributed by atoms with Crippen LogP contribution in [-0.4, -0.2) is 57.6 Å². The Balaban J connectivity index is 1.62. The summed E-state index contributed by atoms with van der Waals surface area (Å²) < 4.78 is 1.27. The van der Waals surface area contributed by atoms with Gasteiger partial charge in [0.25, 0.3) is 5.56 Å². The molecule has 29 heavy (non-hydrogen) atoms. The fraction of sp³-hybridized carbons (Fsp3) is 0.545. The number of piperidine rings is 2. The van der Waals surface area contributed by atoms with E-state index in [1.54, 1.807) is 15.9 Å². The standard InChI is InChI=1S/C22H28N4O3/c1-15-17-8-4-5-9-18(17)20(28)26(23-15)14-19(27)25-13-7-11-22(16(25)2)10-6-12-24(3)21(22)29/h4-5,8-9,16H,6-7,10-14H2,1-3H3/t16-,22+/m1/s1. The van der Waals surface area contributed by atoms with E-state index in [4.69, 9.17) is 0 Å². The van der Waals surface area contributed by atoms with E-state index in [2.05, 4.69) is 5.10 Å². The maximum absolute atomic E-state index is 13.2. The van der Waals surface area contributed by atoms with Crippen LogP contribution in [0.5, 0.6) is 0 Å². The van der Waals surface area contributed by atoms with Crippen molar-refractivity contribution in [3.63, 3.8) is 0 Å². The summed E-state index contributed by atoms with van der Waals surface area (Å²) in [5.41, 5.74) is -0.0360. The largest absolute Gasteiger partial charge is 0.345 e. The number of nitrogens with zero attached hydrogens (tertiary/aromatic N) is 4. The molecule has 2 saturated heterocycles. The van der Waals surface area contributed by atoms with Gasteiger partial charge in [-0.1, -0.05) is 18.2 Å². The van der Waals surface area contributed by atoms with E-state index in [0.717, 1.165) is 43.3 Å². The maximum atomic E-state index is 13.2. The second-order valence-electron chi connectivity index (χ2n) is 8.45. The predicted octanol–water partition coefficient (Wildman–Crippen LogP) is 1.95. The zero-order valence-corrected chi connectivity index (χ0v) is 17.4. The Morgan fingerprint density at radius 2 is 1.79 bits per heavy atom. The van der Waals surface area contributed by atoms with E-state index in [1.807, 2.05) is 39.1 Å². The predicted molar refractivity (Wildman–Crippen MR) is 110 cm³/mol. The summed E-state index contributed by atoms with van der Waals surface area (Å²) in [5.74, 6) is -0.00697. The zero-order valence-electron chi connectivity index (χ0n) is 17.4. The molecule has 1 aromatic heterocycles. The molecular formula is C22H28N4O3. The Morgan fingerprint density at radius 3 is 2.52 bits per heavy atom. The van der Waals surface area contributed by atoms with Crippen molar-refractivity contribution >= 4 is 22.6 Å². The van der Waals surface area contributed by atoms with E-state index in [1.165, 1.54) is 4.68 Å². The summed E-state index contributed by atoms with van der Waals surface area (Å²) in [6.07, 6.45) is 3.39. The molecule has 3 heterocycles. The SMILES string of the molecule is Cc1nn(CC(=O)N2CCC[C@@]3(CCCN(C)C3=O)[C@H]2C)c(=O)c2ccccc12. The summed E-state index contributed by atoms with van der Waals surface area (Å²) in [6.45, 7) is 5.11. The molecule has 0 saturated carbocycles. The van der Waals surface area contributed by atoms with Gasteiger partial charge in [-0.25, -0.2) is 4.68 Å². The number of aryl methyl sites for hydroxylation is 1. The molecule has 2 fully saturated rings. The molecule has 0 unspecified atom stereocenters. The summed E-state index contributed by atoms with van der Waals surface area (Å²) in [6, 6.07) is 7.14. The van der Waals surface area contributed by atoms with E-state index < -0.39 is 5.41 Å². The van der Waals surface area contributed by atoms with Crippen molar-refractivity contribution in [2.45, 2.75) is 52.1 Å². The lowest BCUT2D eigenvalue weighted by Gasteiger charge is -2.51. The number of hydrogen-bond donors (Lipinski definition) is 0. The average molecular weight is 396 g/mol. The Labute approximate surface area is 170 Å². The highest BCUT2D eigenvalue weighted by Crippen LogP contribution is 2.43. The summed E-state index contributed by atoms with van der Waals surface area (Å²) in [7, 11) is 1.85. The first-order valence-corrected chi connectivity index (χ1v) is 10.4. The monoisotopic (exact) mass is 396 g/mol. The molecule has 2 amide bonds. The second-order valence-corrected chi connectivity index (χ2v) is 8.45. The van der Waals surface area contributed by atoms with Crippen LogP contribution in [0.3, 0.4) is 0 Å². The van der Waals surface area contributed by atoms with Crippen molar-refractivity contribution in [2.75, 3.05) is 20.1 Å². The minimum Gasteiger partial charge on any atom is -0.345 e. The number of carbonyl (C=O) groups excluding carboxylic acids is 2. The molecule has 7 nitrogen and oxygen atoms in total. The van der Waals surface area contributed by atoms with Crippen LogP contribution in [0.25, 0.3) is 10.8 Å².